The monoisotopic (exact) mass is 308 g/mol. The molecule has 0 unspecified atom stereocenters. The zero-order valence-corrected chi connectivity index (χ0v) is 13.1. The van der Waals surface area contributed by atoms with Gasteiger partial charge in [-0.15, -0.1) is 0 Å². The first-order valence-corrected chi connectivity index (χ1v) is 7.49. The van der Waals surface area contributed by atoms with E-state index in [4.69, 9.17) is 4.74 Å². The predicted molar refractivity (Wildman–Crippen MR) is 91.4 cm³/mol. The van der Waals surface area contributed by atoms with Crippen LogP contribution in [-0.2, 0) is 0 Å². The summed E-state index contributed by atoms with van der Waals surface area (Å²) in [5.41, 5.74) is 2.08. The molecule has 0 bridgehead atoms. The van der Waals surface area contributed by atoms with Gasteiger partial charge in [-0.25, -0.2) is 4.79 Å². The molecule has 23 heavy (non-hydrogen) atoms. The summed E-state index contributed by atoms with van der Waals surface area (Å²) < 4.78 is 5.55. The van der Waals surface area contributed by atoms with Crippen LogP contribution in [0.15, 0.2) is 54.6 Å². The molecule has 0 atom stereocenters. The van der Waals surface area contributed by atoms with Crippen molar-refractivity contribution in [2.75, 3.05) is 19.7 Å². The summed E-state index contributed by atoms with van der Waals surface area (Å²) in [5.74, 6) is 6.69. The second kappa shape index (κ2) is 9.16. The van der Waals surface area contributed by atoms with Crippen molar-refractivity contribution >= 4 is 6.03 Å². The second-order valence-electron chi connectivity index (χ2n) is 4.94. The van der Waals surface area contributed by atoms with E-state index >= 15 is 0 Å². The van der Waals surface area contributed by atoms with Crippen LogP contribution in [0.4, 0.5) is 4.79 Å². The highest BCUT2D eigenvalue weighted by atomic mass is 16.5. The average Bonchev–Trinajstić information content (AvgIpc) is 2.57. The molecule has 2 aromatic carbocycles. The molecule has 0 saturated carbocycles. The maximum atomic E-state index is 11.6. The summed E-state index contributed by atoms with van der Waals surface area (Å²) in [6, 6.07) is 17.2. The second-order valence-corrected chi connectivity index (χ2v) is 4.94. The molecule has 0 saturated heterocycles. The van der Waals surface area contributed by atoms with Crippen molar-refractivity contribution in [3.8, 4) is 17.6 Å². The van der Waals surface area contributed by atoms with Gasteiger partial charge in [0.05, 0.1) is 13.1 Å². The van der Waals surface area contributed by atoms with Crippen LogP contribution < -0.4 is 15.4 Å². The first-order valence-electron chi connectivity index (χ1n) is 7.49. The molecule has 2 amide bonds. The lowest BCUT2D eigenvalue weighted by Crippen LogP contribution is -2.37. The molecule has 0 aliphatic carbocycles. The normalized spacial score (nSPS) is 9.43. The summed E-state index contributed by atoms with van der Waals surface area (Å²) in [6.45, 7) is 3.17. The summed E-state index contributed by atoms with van der Waals surface area (Å²) in [4.78, 5) is 11.6. The number of aryl methyl sites for hydroxylation is 1. The van der Waals surface area contributed by atoms with E-state index in [0.717, 1.165) is 16.9 Å². The Morgan fingerprint density at radius 1 is 1.09 bits per heavy atom. The van der Waals surface area contributed by atoms with Gasteiger partial charge in [0.15, 0.2) is 0 Å². The maximum absolute atomic E-state index is 11.6. The Balaban J connectivity index is 1.59. The Morgan fingerprint density at radius 3 is 2.70 bits per heavy atom. The van der Waals surface area contributed by atoms with Gasteiger partial charge in [-0.1, -0.05) is 42.2 Å². The van der Waals surface area contributed by atoms with Crippen LogP contribution in [0.2, 0.25) is 0 Å². The first kappa shape index (κ1) is 16.4. The minimum absolute atomic E-state index is 0.250. The zero-order valence-electron chi connectivity index (χ0n) is 13.1. The van der Waals surface area contributed by atoms with E-state index in [1.54, 1.807) is 0 Å². The lowest BCUT2D eigenvalue weighted by molar-refractivity contribution is 0.237. The molecule has 0 aliphatic rings. The highest BCUT2D eigenvalue weighted by molar-refractivity contribution is 5.74. The van der Waals surface area contributed by atoms with Crippen molar-refractivity contribution in [3.63, 3.8) is 0 Å². The lowest BCUT2D eigenvalue weighted by Gasteiger charge is -2.08. The van der Waals surface area contributed by atoms with Crippen LogP contribution in [-0.4, -0.2) is 25.7 Å². The topological polar surface area (TPSA) is 50.4 Å². The van der Waals surface area contributed by atoms with Crippen molar-refractivity contribution in [3.05, 3.63) is 65.7 Å². The Hall–Kier alpha value is -2.93. The number of carbonyl (C=O) groups excluding carboxylic acids is 1. The Morgan fingerprint density at radius 2 is 1.91 bits per heavy atom. The number of carbonyl (C=O) groups is 1. The molecule has 2 rings (SSSR count). The lowest BCUT2D eigenvalue weighted by atomic mass is 10.2. The molecule has 0 aromatic heterocycles. The molecular formula is C19H20N2O2. The van der Waals surface area contributed by atoms with Gasteiger partial charge in [-0.3, -0.25) is 0 Å². The van der Waals surface area contributed by atoms with Crippen molar-refractivity contribution in [1.82, 2.24) is 10.6 Å². The number of urea groups is 1. The third-order valence-corrected chi connectivity index (χ3v) is 2.99. The molecule has 0 radical (unpaired) electrons. The van der Waals surface area contributed by atoms with Gasteiger partial charge >= 0.3 is 6.03 Å². The first-order chi connectivity index (χ1) is 11.2. The molecule has 0 heterocycles. The van der Waals surface area contributed by atoms with E-state index in [0.29, 0.717) is 19.7 Å². The van der Waals surface area contributed by atoms with Gasteiger partial charge in [0.2, 0.25) is 0 Å². The van der Waals surface area contributed by atoms with Crippen molar-refractivity contribution in [2.45, 2.75) is 6.92 Å². The van der Waals surface area contributed by atoms with Crippen LogP contribution in [0, 0.1) is 18.8 Å². The van der Waals surface area contributed by atoms with Crippen LogP contribution >= 0.6 is 0 Å². The van der Waals surface area contributed by atoms with Gasteiger partial charge in [-0.2, -0.15) is 0 Å². The quantitative estimate of drug-likeness (QED) is 0.659. The molecule has 0 aliphatic heterocycles. The summed E-state index contributed by atoms with van der Waals surface area (Å²) in [6.07, 6.45) is 0. The number of hydrogen-bond acceptors (Lipinski definition) is 2. The fourth-order valence-corrected chi connectivity index (χ4v) is 1.89. The van der Waals surface area contributed by atoms with E-state index in [9.17, 15) is 4.79 Å². The SMILES string of the molecule is Cc1cccc(OCCNC(=O)NCC#Cc2ccccc2)c1. The molecule has 2 N–H and O–H groups in total. The molecule has 4 heteroatoms. The molecule has 4 nitrogen and oxygen atoms in total. The van der Waals surface area contributed by atoms with Gasteiger partial charge in [0.1, 0.15) is 12.4 Å². The predicted octanol–water partition coefficient (Wildman–Crippen LogP) is 2.72. The largest absolute Gasteiger partial charge is 0.492 e. The van der Waals surface area contributed by atoms with E-state index in [-0.39, 0.29) is 6.03 Å². The van der Waals surface area contributed by atoms with Crippen molar-refractivity contribution in [2.24, 2.45) is 0 Å². The van der Waals surface area contributed by atoms with E-state index in [1.165, 1.54) is 0 Å². The van der Waals surface area contributed by atoms with Crippen LogP contribution in [0.5, 0.6) is 5.75 Å². The fraction of sp³-hybridized carbons (Fsp3) is 0.211. The summed E-state index contributed by atoms with van der Waals surface area (Å²) in [5, 5.41) is 5.40. The average molecular weight is 308 g/mol. The van der Waals surface area contributed by atoms with Gasteiger partial charge in [0.25, 0.3) is 0 Å². The third kappa shape index (κ3) is 6.58. The smallest absolute Gasteiger partial charge is 0.315 e. The maximum Gasteiger partial charge on any atom is 0.315 e. The highest BCUT2D eigenvalue weighted by Crippen LogP contribution is 2.11. The zero-order chi connectivity index (χ0) is 16.3. The molecule has 0 fully saturated rings. The van der Waals surface area contributed by atoms with E-state index in [1.807, 2.05) is 61.5 Å². The standard InChI is InChI=1S/C19H20N2O2/c1-16-7-5-11-18(15-16)23-14-13-21-19(22)20-12-6-10-17-8-3-2-4-9-17/h2-5,7-9,11,15H,12-14H2,1H3,(H2,20,21,22). The van der Waals surface area contributed by atoms with Gasteiger partial charge < -0.3 is 15.4 Å². The van der Waals surface area contributed by atoms with Crippen molar-refractivity contribution < 1.29 is 9.53 Å². The molecule has 118 valence electrons. The highest BCUT2D eigenvalue weighted by Gasteiger charge is 1.98. The number of nitrogens with one attached hydrogen (secondary N) is 2. The Kier molecular flexibility index (Phi) is 6.55. The molecular weight excluding hydrogens is 288 g/mol. The summed E-state index contributed by atoms with van der Waals surface area (Å²) in [7, 11) is 0. The van der Waals surface area contributed by atoms with Gasteiger partial charge in [-0.05, 0) is 36.8 Å². The number of hydrogen-bond donors (Lipinski definition) is 2. The number of amides is 2. The molecule has 0 spiro atoms. The van der Waals surface area contributed by atoms with E-state index < -0.39 is 0 Å². The molecule has 2 aromatic rings. The van der Waals surface area contributed by atoms with Gasteiger partial charge in [0, 0.05) is 5.56 Å². The van der Waals surface area contributed by atoms with Crippen LogP contribution in [0.1, 0.15) is 11.1 Å². The summed E-state index contributed by atoms with van der Waals surface area (Å²) >= 11 is 0. The van der Waals surface area contributed by atoms with Crippen LogP contribution in [0.3, 0.4) is 0 Å². The fourth-order valence-electron chi connectivity index (χ4n) is 1.89. The third-order valence-electron chi connectivity index (χ3n) is 2.99. The number of rotatable bonds is 5. The minimum Gasteiger partial charge on any atom is -0.492 e. The minimum atomic E-state index is -0.250. The number of ether oxygens (including phenoxy) is 1. The van der Waals surface area contributed by atoms with Crippen LogP contribution in [0.25, 0.3) is 0 Å². The number of benzene rings is 2. The van der Waals surface area contributed by atoms with E-state index in [2.05, 4.69) is 22.5 Å². The Labute approximate surface area is 136 Å². The van der Waals surface area contributed by atoms with Crippen molar-refractivity contribution in [1.29, 1.82) is 0 Å². The Bertz CT molecular complexity index is 687.